The maximum absolute atomic E-state index is 11.6. The van der Waals surface area contributed by atoms with Gasteiger partial charge in [-0.25, -0.2) is 4.79 Å². The number of carbonyl (C=O) groups excluding carboxylic acids is 1. The van der Waals surface area contributed by atoms with Crippen LogP contribution >= 0.6 is 23.2 Å². The number of rotatable bonds is 2. The fourth-order valence-corrected chi connectivity index (χ4v) is 2.91. The quantitative estimate of drug-likeness (QED) is 0.831. The summed E-state index contributed by atoms with van der Waals surface area (Å²) < 4.78 is 4.68. The zero-order chi connectivity index (χ0) is 14.0. The summed E-state index contributed by atoms with van der Waals surface area (Å²) in [4.78, 5) is 11.6. The molecule has 1 unspecified atom stereocenters. The number of allylic oxidation sites excluding steroid dienone is 1. The topological polar surface area (TPSA) is 46.5 Å². The van der Waals surface area contributed by atoms with Crippen molar-refractivity contribution in [2.45, 2.75) is 25.2 Å². The lowest BCUT2D eigenvalue weighted by Crippen LogP contribution is -2.17. The molecule has 1 atom stereocenters. The van der Waals surface area contributed by atoms with Crippen molar-refractivity contribution in [1.82, 2.24) is 0 Å². The minimum Gasteiger partial charge on any atom is -0.511 e. The number of aliphatic hydroxyl groups is 1. The molecule has 0 heterocycles. The third-order valence-corrected chi connectivity index (χ3v) is 3.89. The number of methoxy groups -OCH3 is 1. The minimum atomic E-state index is -0.479. The summed E-state index contributed by atoms with van der Waals surface area (Å²) in [5.74, 6) is -0.692. The van der Waals surface area contributed by atoms with Crippen LogP contribution in [0, 0.1) is 0 Å². The van der Waals surface area contributed by atoms with Crippen molar-refractivity contribution in [3.8, 4) is 0 Å². The third kappa shape index (κ3) is 2.88. The Hall–Kier alpha value is -1.19. The Morgan fingerprint density at radius 1 is 1.42 bits per heavy atom. The van der Waals surface area contributed by atoms with Gasteiger partial charge in [0.25, 0.3) is 0 Å². The van der Waals surface area contributed by atoms with Gasteiger partial charge in [-0.1, -0.05) is 29.3 Å². The molecule has 1 aliphatic carbocycles. The van der Waals surface area contributed by atoms with E-state index in [1.165, 1.54) is 7.11 Å². The second kappa shape index (κ2) is 5.85. The molecule has 1 aliphatic rings. The highest BCUT2D eigenvalue weighted by Gasteiger charge is 2.29. The molecule has 3 nitrogen and oxygen atoms in total. The first-order valence-electron chi connectivity index (χ1n) is 6.00. The number of hydrogen-bond acceptors (Lipinski definition) is 3. The van der Waals surface area contributed by atoms with E-state index in [0.717, 1.165) is 18.4 Å². The van der Waals surface area contributed by atoms with Crippen LogP contribution in [0.1, 0.15) is 30.7 Å². The molecule has 1 aromatic carbocycles. The smallest absolute Gasteiger partial charge is 0.337 e. The first-order valence-corrected chi connectivity index (χ1v) is 6.75. The van der Waals surface area contributed by atoms with Crippen LogP contribution in [0.25, 0.3) is 0 Å². The fraction of sp³-hybridized carbons (Fsp3) is 0.357. The van der Waals surface area contributed by atoms with Crippen LogP contribution in [-0.2, 0) is 9.53 Å². The van der Waals surface area contributed by atoms with E-state index in [2.05, 4.69) is 4.74 Å². The predicted molar refractivity (Wildman–Crippen MR) is 74.7 cm³/mol. The summed E-state index contributed by atoms with van der Waals surface area (Å²) in [5.41, 5.74) is 1.12. The van der Waals surface area contributed by atoms with Gasteiger partial charge in [0.1, 0.15) is 5.76 Å². The number of ether oxygens (including phenoxy) is 1. The van der Waals surface area contributed by atoms with E-state index in [4.69, 9.17) is 23.2 Å². The van der Waals surface area contributed by atoms with Crippen molar-refractivity contribution < 1.29 is 14.6 Å². The van der Waals surface area contributed by atoms with E-state index in [-0.39, 0.29) is 11.7 Å². The lowest BCUT2D eigenvalue weighted by atomic mass is 9.83. The van der Waals surface area contributed by atoms with Gasteiger partial charge in [0, 0.05) is 16.0 Å². The van der Waals surface area contributed by atoms with Crippen LogP contribution < -0.4 is 0 Å². The van der Waals surface area contributed by atoms with Gasteiger partial charge in [-0.15, -0.1) is 0 Å². The van der Waals surface area contributed by atoms with Gasteiger partial charge in [0.2, 0.25) is 0 Å². The molecule has 1 N–H and O–H groups in total. The van der Waals surface area contributed by atoms with Crippen molar-refractivity contribution in [2.24, 2.45) is 0 Å². The molecule has 5 heteroatoms. The monoisotopic (exact) mass is 300 g/mol. The first kappa shape index (κ1) is 14.2. The summed E-state index contributed by atoms with van der Waals surface area (Å²) in [7, 11) is 1.31. The Labute approximate surface area is 121 Å². The highest BCUT2D eigenvalue weighted by molar-refractivity contribution is 6.35. The van der Waals surface area contributed by atoms with Gasteiger partial charge in [-0.2, -0.15) is 0 Å². The van der Waals surface area contributed by atoms with Crippen LogP contribution in [0.5, 0.6) is 0 Å². The van der Waals surface area contributed by atoms with E-state index in [9.17, 15) is 9.90 Å². The zero-order valence-electron chi connectivity index (χ0n) is 10.5. The molecule has 0 bridgehead atoms. The summed E-state index contributed by atoms with van der Waals surface area (Å²) in [6.45, 7) is 0. The molecular formula is C14H14Cl2O3. The Kier molecular flexibility index (Phi) is 4.38. The Bertz CT molecular complexity index is 537. The van der Waals surface area contributed by atoms with E-state index in [1.807, 2.05) is 0 Å². The van der Waals surface area contributed by atoms with Crippen LogP contribution in [0.4, 0.5) is 0 Å². The van der Waals surface area contributed by atoms with Gasteiger partial charge < -0.3 is 9.84 Å². The molecule has 0 saturated carbocycles. The molecule has 0 radical (unpaired) electrons. The molecular weight excluding hydrogens is 287 g/mol. The summed E-state index contributed by atoms with van der Waals surface area (Å²) in [6, 6.07) is 5.15. The Morgan fingerprint density at radius 2 is 2.16 bits per heavy atom. The molecule has 102 valence electrons. The molecule has 1 aromatic rings. The highest BCUT2D eigenvalue weighted by Crippen LogP contribution is 2.39. The molecule has 0 spiro atoms. The Morgan fingerprint density at radius 3 is 2.79 bits per heavy atom. The molecule has 0 fully saturated rings. The summed E-state index contributed by atoms with van der Waals surface area (Å²) in [5, 5.41) is 11.3. The number of halogens is 2. The number of esters is 1. The SMILES string of the molecule is COC(=O)C1=C(O)C(c2ccc(Cl)cc2Cl)CCC1. The first-order chi connectivity index (χ1) is 9.04. The second-order valence-electron chi connectivity index (χ2n) is 4.47. The fourth-order valence-electron chi connectivity index (χ4n) is 2.37. The van der Waals surface area contributed by atoms with Crippen LogP contribution in [0.2, 0.25) is 10.0 Å². The van der Waals surface area contributed by atoms with E-state index < -0.39 is 5.97 Å². The van der Waals surface area contributed by atoms with E-state index in [1.54, 1.807) is 18.2 Å². The van der Waals surface area contributed by atoms with Crippen LogP contribution in [0.3, 0.4) is 0 Å². The predicted octanol–water partition coefficient (Wildman–Crippen LogP) is 4.25. The number of hydrogen-bond donors (Lipinski definition) is 1. The average molecular weight is 301 g/mol. The average Bonchev–Trinajstić information content (AvgIpc) is 2.39. The molecule has 0 aromatic heterocycles. The van der Waals surface area contributed by atoms with Crippen molar-refractivity contribution >= 4 is 29.2 Å². The maximum atomic E-state index is 11.6. The molecule has 0 amide bonds. The van der Waals surface area contributed by atoms with Crippen LogP contribution in [0.15, 0.2) is 29.5 Å². The van der Waals surface area contributed by atoms with Gasteiger partial charge in [-0.3, -0.25) is 0 Å². The number of carbonyl (C=O) groups is 1. The highest BCUT2D eigenvalue weighted by atomic mass is 35.5. The lowest BCUT2D eigenvalue weighted by Gasteiger charge is -2.24. The summed E-state index contributed by atoms with van der Waals surface area (Å²) >= 11 is 12.0. The second-order valence-corrected chi connectivity index (χ2v) is 5.31. The standard InChI is InChI=1S/C14H14Cl2O3/c1-19-14(18)11-4-2-3-10(13(11)17)9-6-5-8(15)7-12(9)16/h5-7,10,17H,2-4H2,1H3. The van der Waals surface area contributed by atoms with Gasteiger partial charge in [0.05, 0.1) is 12.7 Å². The number of benzene rings is 1. The van der Waals surface area contributed by atoms with Crippen molar-refractivity contribution in [3.63, 3.8) is 0 Å². The van der Waals surface area contributed by atoms with Crippen molar-refractivity contribution in [3.05, 3.63) is 45.1 Å². The molecule has 0 saturated heterocycles. The lowest BCUT2D eigenvalue weighted by molar-refractivity contribution is -0.136. The third-order valence-electron chi connectivity index (χ3n) is 3.33. The van der Waals surface area contributed by atoms with Crippen molar-refractivity contribution in [1.29, 1.82) is 0 Å². The van der Waals surface area contributed by atoms with Crippen molar-refractivity contribution in [2.75, 3.05) is 7.11 Å². The Balaban J connectivity index is 2.41. The minimum absolute atomic E-state index is 0.0577. The summed E-state index contributed by atoms with van der Waals surface area (Å²) in [6.07, 6.45) is 2.08. The van der Waals surface area contributed by atoms with Gasteiger partial charge in [-0.05, 0) is 37.0 Å². The van der Waals surface area contributed by atoms with Gasteiger partial charge in [0.15, 0.2) is 0 Å². The largest absolute Gasteiger partial charge is 0.511 e. The number of aliphatic hydroxyl groups excluding tert-OH is 1. The molecule has 0 aliphatic heterocycles. The normalized spacial score (nSPS) is 19.4. The van der Waals surface area contributed by atoms with Crippen LogP contribution in [-0.4, -0.2) is 18.2 Å². The zero-order valence-corrected chi connectivity index (χ0v) is 12.0. The molecule has 19 heavy (non-hydrogen) atoms. The maximum Gasteiger partial charge on any atom is 0.337 e. The molecule has 2 rings (SSSR count). The van der Waals surface area contributed by atoms with Gasteiger partial charge >= 0.3 is 5.97 Å². The van der Waals surface area contributed by atoms with E-state index >= 15 is 0 Å². The van der Waals surface area contributed by atoms with E-state index in [0.29, 0.717) is 22.0 Å².